The third kappa shape index (κ3) is 3.60. The average molecular weight is 300 g/mol. The van der Waals surface area contributed by atoms with Crippen molar-refractivity contribution in [1.82, 2.24) is 0 Å². The maximum atomic E-state index is 12.1. The van der Waals surface area contributed by atoms with Gasteiger partial charge in [0, 0.05) is 25.5 Å². The number of urea groups is 1. The number of nitrogens with two attached hydrogens (primary N) is 1. The van der Waals surface area contributed by atoms with Crippen LogP contribution in [-0.4, -0.2) is 27.2 Å². The van der Waals surface area contributed by atoms with Crippen LogP contribution >= 0.6 is 0 Å². The number of carbonyl (C=O) groups excluding carboxylic acids is 1. The standard InChI is InChI=1S/C16H20N4O2/c1-20(2)12-7-4-6-11(10-12)18-16(21)19-14-9-5-8-13(17)15(14)22-3/h4-10H,17H2,1-3H3,(H2,18,19,21). The van der Waals surface area contributed by atoms with Crippen LogP contribution < -0.4 is 26.0 Å². The molecule has 2 aromatic carbocycles. The number of nitrogens with zero attached hydrogens (tertiary/aromatic N) is 1. The Balaban J connectivity index is 2.11. The van der Waals surface area contributed by atoms with Gasteiger partial charge in [-0.1, -0.05) is 12.1 Å². The number of para-hydroxylation sites is 1. The van der Waals surface area contributed by atoms with Crippen molar-refractivity contribution >= 4 is 28.8 Å². The summed E-state index contributed by atoms with van der Waals surface area (Å²) < 4.78 is 5.20. The van der Waals surface area contributed by atoms with E-state index in [1.165, 1.54) is 7.11 Å². The van der Waals surface area contributed by atoms with Crippen molar-refractivity contribution in [2.75, 3.05) is 42.5 Å². The number of benzene rings is 2. The molecule has 4 N–H and O–H groups in total. The highest BCUT2D eigenvalue weighted by atomic mass is 16.5. The summed E-state index contributed by atoms with van der Waals surface area (Å²) >= 11 is 0. The normalized spacial score (nSPS) is 9.95. The Hall–Kier alpha value is -2.89. The zero-order valence-electron chi connectivity index (χ0n) is 12.9. The van der Waals surface area contributed by atoms with E-state index < -0.39 is 0 Å². The summed E-state index contributed by atoms with van der Waals surface area (Å²) in [6.07, 6.45) is 0. The first-order valence-corrected chi connectivity index (χ1v) is 6.79. The van der Waals surface area contributed by atoms with Crippen LogP contribution in [0.3, 0.4) is 0 Å². The first kappa shape index (κ1) is 15.5. The van der Waals surface area contributed by atoms with Gasteiger partial charge in [-0.2, -0.15) is 0 Å². The predicted octanol–water partition coefficient (Wildman–Crippen LogP) is 2.99. The van der Waals surface area contributed by atoms with E-state index in [1.807, 2.05) is 43.3 Å². The minimum Gasteiger partial charge on any atom is -0.492 e. The molecule has 116 valence electrons. The van der Waals surface area contributed by atoms with Gasteiger partial charge in [-0.05, 0) is 30.3 Å². The lowest BCUT2D eigenvalue weighted by Crippen LogP contribution is -2.20. The highest BCUT2D eigenvalue weighted by molar-refractivity contribution is 6.01. The third-order valence-corrected chi connectivity index (χ3v) is 3.12. The highest BCUT2D eigenvalue weighted by Crippen LogP contribution is 2.30. The molecule has 0 bridgehead atoms. The Bertz CT molecular complexity index is 671. The van der Waals surface area contributed by atoms with Crippen LogP contribution in [0.25, 0.3) is 0 Å². The number of hydrogen-bond donors (Lipinski definition) is 3. The molecule has 2 aromatic rings. The quantitative estimate of drug-likeness (QED) is 0.758. The lowest BCUT2D eigenvalue weighted by molar-refractivity contribution is 0.262. The molecule has 0 spiro atoms. The number of anilines is 4. The van der Waals surface area contributed by atoms with Gasteiger partial charge in [0.25, 0.3) is 0 Å². The molecule has 0 aliphatic carbocycles. The maximum absolute atomic E-state index is 12.1. The molecule has 0 saturated carbocycles. The number of nitrogen functional groups attached to an aromatic ring is 1. The van der Waals surface area contributed by atoms with E-state index in [2.05, 4.69) is 10.6 Å². The smallest absolute Gasteiger partial charge is 0.323 e. The van der Waals surface area contributed by atoms with Gasteiger partial charge in [-0.25, -0.2) is 4.79 Å². The lowest BCUT2D eigenvalue weighted by Gasteiger charge is -2.15. The fourth-order valence-electron chi connectivity index (χ4n) is 2.03. The summed E-state index contributed by atoms with van der Waals surface area (Å²) in [7, 11) is 5.39. The number of hydrogen-bond acceptors (Lipinski definition) is 4. The molecule has 0 saturated heterocycles. The topological polar surface area (TPSA) is 79.6 Å². The molecule has 0 aliphatic rings. The van der Waals surface area contributed by atoms with Crippen molar-refractivity contribution < 1.29 is 9.53 Å². The lowest BCUT2D eigenvalue weighted by atomic mass is 10.2. The molecule has 0 aliphatic heterocycles. The number of amides is 2. The van der Waals surface area contributed by atoms with Crippen molar-refractivity contribution in [3.63, 3.8) is 0 Å². The molecular weight excluding hydrogens is 280 g/mol. The largest absolute Gasteiger partial charge is 0.492 e. The Morgan fingerprint density at radius 2 is 1.86 bits per heavy atom. The van der Waals surface area contributed by atoms with E-state index in [9.17, 15) is 4.79 Å². The SMILES string of the molecule is COc1c(N)cccc1NC(=O)Nc1cccc(N(C)C)c1. The third-order valence-electron chi connectivity index (χ3n) is 3.12. The van der Waals surface area contributed by atoms with Gasteiger partial charge in [0.05, 0.1) is 18.5 Å². The fourth-order valence-corrected chi connectivity index (χ4v) is 2.03. The van der Waals surface area contributed by atoms with E-state index in [0.29, 0.717) is 22.8 Å². The van der Waals surface area contributed by atoms with Crippen molar-refractivity contribution in [2.45, 2.75) is 0 Å². The molecule has 0 atom stereocenters. The van der Waals surface area contributed by atoms with E-state index >= 15 is 0 Å². The molecule has 0 heterocycles. The number of rotatable bonds is 4. The summed E-state index contributed by atoms with van der Waals surface area (Å²) in [5.74, 6) is 0.444. The molecule has 6 nitrogen and oxygen atoms in total. The van der Waals surface area contributed by atoms with Gasteiger partial charge in [0.2, 0.25) is 0 Å². The Kier molecular flexibility index (Phi) is 4.73. The van der Waals surface area contributed by atoms with Gasteiger partial charge in [0.15, 0.2) is 5.75 Å². The molecule has 22 heavy (non-hydrogen) atoms. The van der Waals surface area contributed by atoms with Crippen LogP contribution in [0.1, 0.15) is 0 Å². The molecule has 2 rings (SSSR count). The Labute approximate surface area is 129 Å². The second-order valence-electron chi connectivity index (χ2n) is 4.95. The summed E-state index contributed by atoms with van der Waals surface area (Å²) in [6.45, 7) is 0. The Morgan fingerprint density at radius 3 is 2.55 bits per heavy atom. The summed E-state index contributed by atoms with van der Waals surface area (Å²) in [5.41, 5.74) is 8.50. The molecule has 0 aromatic heterocycles. The van der Waals surface area contributed by atoms with Gasteiger partial charge < -0.3 is 26.0 Å². The number of ether oxygens (including phenoxy) is 1. The average Bonchev–Trinajstić information content (AvgIpc) is 2.47. The fraction of sp³-hybridized carbons (Fsp3) is 0.188. The first-order valence-electron chi connectivity index (χ1n) is 6.79. The van der Waals surface area contributed by atoms with E-state index in [1.54, 1.807) is 18.2 Å². The van der Waals surface area contributed by atoms with Gasteiger partial charge >= 0.3 is 6.03 Å². The first-order chi connectivity index (χ1) is 10.5. The summed E-state index contributed by atoms with van der Waals surface area (Å²) in [4.78, 5) is 14.1. The molecule has 0 fully saturated rings. The Morgan fingerprint density at radius 1 is 1.14 bits per heavy atom. The van der Waals surface area contributed by atoms with Crippen molar-refractivity contribution in [3.8, 4) is 5.75 Å². The van der Waals surface area contributed by atoms with Crippen LogP contribution in [0.4, 0.5) is 27.5 Å². The highest BCUT2D eigenvalue weighted by Gasteiger charge is 2.10. The number of methoxy groups -OCH3 is 1. The van der Waals surface area contributed by atoms with E-state index in [-0.39, 0.29) is 6.03 Å². The van der Waals surface area contributed by atoms with Crippen LogP contribution in [0.15, 0.2) is 42.5 Å². The van der Waals surface area contributed by atoms with Crippen LogP contribution in [-0.2, 0) is 0 Å². The molecule has 2 amide bonds. The van der Waals surface area contributed by atoms with Gasteiger partial charge in [-0.15, -0.1) is 0 Å². The zero-order chi connectivity index (χ0) is 16.1. The molecule has 0 radical (unpaired) electrons. The molecule has 0 unspecified atom stereocenters. The van der Waals surface area contributed by atoms with E-state index in [4.69, 9.17) is 10.5 Å². The number of carbonyl (C=O) groups is 1. The summed E-state index contributed by atoms with van der Waals surface area (Å²) in [6, 6.07) is 12.4. The molecular formula is C16H20N4O2. The van der Waals surface area contributed by atoms with Gasteiger partial charge in [-0.3, -0.25) is 0 Å². The van der Waals surface area contributed by atoms with Crippen LogP contribution in [0.5, 0.6) is 5.75 Å². The second-order valence-corrected chi connectivity index (χ2v) is 4.95. The van der Waals surface area contributed by atoms with Crippen LogP contribution in [0, 0.1) is 0 Å². The van der Waals surface area contributed by atoms with Crippen molar-refractivity contribution in [1.29, 1.82) is 0 Å². The van der Waals surface area contributed by atoms with Crippen LogP contribution in [0.2, 0.25) is 0 Å². The van der Waals surface area contributed by atoms with Gasteiger partial charge in [0.1, 0.15) is 0 Å². The zero-order valence-corrected chi connectivity index (χ0v) is 12.9. The van der Waals surface area contributed by atoms with Crippen molar-refractivity contribution in [3.05, 3.63) is 42.5 Å². The number of nitrogens with one attached hydrogen (secondary N) is 2. The minimum absolute atomic E-state index is 0.361. The van der Waals surface area contributed by atoms with Crippen molar-refractivity contribution in [2.24, 2.45) is 0 Å². The second kappa shape index (κ2) is 6.71. The minimum atomic E-state index is -0.361. The monoisotopic (exact) mass is 300 g/mol. The summed E-state index contributed by atoms with van der Waals surface area (Å²) in [5, 5.41) is 5.51. The van der Waals surface area contributed by atoms with E-state index in [0.717, 1.165) is 5.69 Å². The molecule has 6 heteroatoms. The maximum Gasteiger partial charge on any atom is 0.323 e. The predicted molar refractivity (Wildman–Crippen MR) is 90.8 cm³/mol.